The second kappa shape index (κ2) is 3.77. The zero-order valence-corrected chi connectivity index (χ0v) is 9.04. The zero-order chi connectivity index (χ0) is 12.0. The van der Waals surface area contributed by atoms with E-state index in [1.165, 1.54) is 6.07 Å². The number of rotatable bonds is 2. The molecule has 2 fully saturated rings. The number of carbonyl (C=O) groups is 1. The van der Waals surface area contributed by atoms with Crippen molar-refractivity contribution in [2.75, 3.05) is 13.1 Å². The van der Waals surface area contributed by atoms with Gasteiger partial charge in [0.1, 0.15) is 17.2 Å². The Kier molecular flexibility index (Phi) is 2.36. The van der Waals surface area contributed by atoms with Gasteiger partial charge in [0.2, 0.25) is 0 Å². The van der Waals surface area contributed by atoms with Crippen LogP contribution in [0.2, 0.25) is 0 Å². The van der Waals surface area contributed by atoms with Crippen molar-refractivity contribution in [3.05, 3.63) is 35.4 Å². The fourth-order valence-electron chi connectivity index (χ4n) is 2.57. The molecule has 90 valence electrons. The Hall–Kier alpha value is -1.49. The van der Waals surface area contributed by atoms with Gasteiger partial charge in [-0.05, 0) is 24.0 Å². The fraction of sp³-hybridized carbons (Fsp3) is 0.417. The summed E-state index contributed by atoms with van der Waals surface area (Å²) >= 11 is 0. The van der Waals surface area contributed by atoms with Crippen molar-refractivity contribution < 1.29 is 13.6 Å². The summed E-state index contributed by atoms with van der Waals surface area (Å²) in [6, 6.07) is 3.50. The Bertz CT molecular complexity index is 447. The third kappa shape index (κ3) is 1.70. The van der Waals surface area contributed by atoms with Gasteiger partial charge in [-0.3, -0.25) is 4.79 Å². The van der Waals surface area contributed by atoms with Gasteiger partial charge in [-0.2, -0.15) is 0 Å². The number of benzene rings is 1. The predicted molar refractivity (Wildman–Crippen MR) is 57.5 cm³/mol. The number of nitrogens with one attached hydrogen (secondary N) is 2. The molecule has 17 heavy (non-hydrogen) atoms. The van der Waals surface area contributed by atoms with Gasteiger partial charge in [0.15, 0.2) is 0 Å². The van der Waals surface area contributed by atoms with Gasteiger partial charge in [0.05, 0.1) is 0 Å². The molecule has 1 saturated heterocycles. The van der Waals surface area contributed by atoms with E-state index in [-0.39, 0.29) is 6.04 Å². The first-order chi connectivity index (χ1) is 8.18. The van der Waals surface area contributed by atoms with Crippen LogP contribution in [0, 0.1) is 23.5 Å². The summed E-state index contributed by atoms with van der Waals surface area (Å²) in [6.07, 6.45) is 0. The van der Waals surface area contributed by atoms with Crippen molar-refractivity contribution in [2.24, 2.45) is 11.8 Å². The molecule has 5 heteroatoms. The van der Waals surface area contributed by atoms with Crippen LogP contribution in [0.5, 0.6) is 0 Å². The first kappa shape index (κ1) is 10.7. The molecule has 2 N–H and O–H groups in total. The van der Waals surface area contributed by atoms with Gasteiger partial charge in [0.25, 0.3) is 5.91 Å². The number of fused-ring (bicyclic) bond motifs is 1. The van der Waals surface area contributed by atoms with Crippen LogP contribution in [0.25, 0.3) is 0 Å². The molecular weight excluding hydrogens is 226 g/mol. The molecule has 0 spiro atoms. The van der Waals surface area contributed by atoms with E-state index in [0.717, 1.165) is 25.2 Å². The Morgan fingerprint density at radius 1 is 1.24 bits per heavy atom. The number of hydrogen-bond donors (Lipinski definition) is 2. The Morgan fingerprint density at radius 2 is 1.82 bits per heavy atom. The van der Waals surface area contributed by atoms with Crippen LogP contribution in [0.15, 0.2) is 18.2 Å². The molecule has 1 heterocycles. The summed E-state index contributed by atoms with van der Waals surface area (Å²) < 4.78 is 26.7. The molecule has 1 amide bonds. The van der Waals surface area contributed by atoms with E-state index in [0.29, 0.717) is 11.8 Å². The Morgan fingerprint density at radius 3 is 2.41 bits per heavy atom. The van der Waals surface area contributed by atoms with E-state index < -0.39 is 23.1 Å². The second-order valence-electron chi connectivity index (χ2n) is 4.58. The van der Waals surface area contributed by atoms with Gasteiger partial charge in [-0.25, -0.2) is 8.78 Å². The van der Waals surface area contributed by atoms with Crippen LogP contribution < -0.4 is 10.6 Å². The lowest BCUT2D eigenvalue weighted by molar-refractivity contribution is 0.0938. The van der Waals surface area contributed by atoms with Crippen molar-refractivity contribution in [1.82, 2.24) is 10.6 Å². The van der Waals surface area contributed by atoms with Crippen molar-refractivity contribution in [2.45, 2.75) is 6.04 Å². The van der Waals surface area contributed by atoms with Crippen LogP contribution in [0.3, 0.4) is 0 Å². The first-order valence-electron chi connectivity index (χ1n) is 5.64. The maximum absolute atomic E-state index is 13.3. The Balaban J connectivity index is 1.74. The summed E-state index contributed by atoms with van der Waals surface area (Å²) in [7, 11) is 0. The second-order valence-corrected chi connectivity index (χ2v) is 4.58. The molecule has 2 atom stereocenters. The molecule has 3 nitrogen and oxygen atoms in total. The van der Waals surface area contributed by atoms with Crippen molar-refractivity contribution >= 4 is 5.91 Å². The summed E-state index contributed by atoms with van der Waals surface area (Å²) in [4.78, 5) is 11.8. The third-order valence-corrected chi connectivity index (χ3v) is 3.58. The molecule has 0 radical (unpaired) electrons. The number of piperidine rings is 1. The van der Waals surface area contributed by atoms with Gasteiger partial charge in [-0.1, -0.05) is 6.07 Å². The van der Waals surface area contributed by atoms with Crippen LogP contribution in [-0.2, 0) is 0 Å². The average Bonchev–Trinajstić information content (AvgIpc) is 2.74. The van der Waals surface area contributed by atoms with Gasteiger partial charge in [0, 0.05) is 19.1 Å². The molecular formula is C12H12F2N2O. The van der Waals surface area contributed by atoms with Crippen LogP contribution in [-0.4, -0.2) is 25.0 Å². The summed E-state index contributed by atoms with van der Waals surface area (Å²) in [5, 5.41) is 5.88. The van der Waals surface area contributed by atoms with E-state index in [1.54, 1.807) is 0 Å². The highest BCUT2D eigenvalue weighted by atomic mass is 19.1. The maximum atomic E-state index is 13.3. The minimum Gasteiger partial charge on any atom is -0.348 e. The zero-order valence-electron chi connectivity index (χ0n) is 9.04. The van der Waals surface area contributed by atoms with Crippen LogP contribution in [0.4, 0.5) is 8.78 Å². The standard InChI is InChI=1S/C12H12F2N2O/c13-8-2-1-3-9(14)10(8)12(17)16-11-6-4-15-5-7(6)11/h1-3,6-7,11,15H,4-5H2,(H,16,17). The average molecular weight is 238 g/mol. The monoisotopic (exact) mass is 238 g/mol. The molecule has 1 saturated carbocycles. The van der Waals surface area contributed by atoms with E-state index in [1.807, 2.05) is 0 Å². The predicted octanol–water partition coefficient (Wildman–Crippen LogP) is 0.912. The van der Waals surface area contributed by atoms with Crippen LogP contribution in [0.1, 0.15) is 10.4 Å². The van der Waals surface area contributed by atoms with Crippen molar-refractivity contribution in [1.29, 1.82) is 0 Å². The van der Waals surface area contributed by atoms with Gasteiger partial charge in [-0.15, -0.1) is 0 Å². The topological polar surface area (TPSA) is 41.1 Å². The van der Waals surface area contributed by atoms with Gasteiger partial charge >= 0.3 is 0 Å². The molecule has 1 aliphatic heterocycles. The number of carbonyl (C=O) groups excluding carboxylic acids is 1. The molecule has 3 rings (SSSR count). The fourth-order valence-corrected chi connectivity index (χ4v) is 2.57. The highest BCUT2D eigenvalue weighted by Crippen LogP contribution is 2.41. The number of amides is 1. The lowest BCUT2D eigenvalue weighted by Crippen LogP contribution is -2.33. The lowest BCUT2D eigenvalue weighted by atomic mass is 10.2. The minimum absolute atomic E-state index is 0.0720. The highest BCUT2D eigenvalue weighted by molar-refractivity contribution is 5.95. The Labute approximate surface area is 97.2 Å². The SMILES string of the molecule is O=C(NC1C2CNCC21)c1c(F)cccc1F. The quantitative estimate of drug-likeness (QED) is 0.804. The highest BCUT2D eigenvalue weighted by Gasteiger charge is 2.53. The smallest absolute Gasteiger partial charge is 0.257 e. The largest absolute Gasteiger partial charge is 0.348 e. The molecule has 2 aliphatic rings. The molecule has 0 bridgehead atoms. The maximum Gasteiger partial charge on any atom is 0.257 e. The molecule has 1 aliphatic carbocycles. The first-order valence-corrected chi connectivity index (χ1v) is 5.64. The summed E-state index contributed by atoms with van der Waals surface area (Å²) in [6.45, 7) is 1.74. The van der Waals surface area contributed by atoms with Gasteiger partial charge < -0.3 is 10.6 Å². The van der Waals surface area contributed by atoms with Crippen molar-refractivity contribution in [3.8, 4) is 0 Å². The number of halogens is 2. The lowest BCUT2D eigenvalue weighted by Gasteiger charge is -2.08. The normalized spacial score (nSPS) is 29.9. The summed E-state index contributed by atoms with van der Waals surface area (Å²) in [5.41, 5.74) is -0.481. The number of hydrogen-bond acceptors (Lipinski definition) is 2. The summed E-state index contributed by atoms with van der Waals surface area (Å²) in [5.74, 6) is -1.43. The van der Waals surface area contributed by atoms with Crippen LogP contribution >= 0.6 is 0 Å². The van der Waals surface area contributed by atoms with E-state index in [9.17, 15) is 13.6 Å². The molecule has 0 aromatic heterocycles. The molecule has 1 aromatic rings. The van der Waals surface area contributed by atoms with E-state index in [2.05, 4.69) is 10.6 Å². The molecule has 2 unspecified atom stereocenters. The van der Waals surface area contributed by atoms with Crippen molar-refractivity contribution in [3.63, 3.8) is 0 Å². The molecule has 1 aromatic carbocycles. The van der Waals surface area contributed by atoms with E-state index in [4.69, 9.17) is 0 Å². The third-order valence-electron chi connectivity index (χ3n) is 3.58. The minimum atomic E-state index is -0.813. The van der Waals surface area contributed by atoms with E-state index >= 15 is 0 Å².